The van der Waals surface area contributed by atoms with E-state index in [9.17, 15) is 4.79 Å². The highest BCUT2D eigenvalue weighted by molar-refractivity contribution is 5.84. The first-order valence-corrected chi connectivity index (χ1v) is 8.26. The van der Waals surface area contributed by atoms with E-state index in [2.05, 4.69) is 27.2 Å². The fraction of sp³-hybridized carbons (Fsp3) is 0.800. The lowest BCUT2D eigenvalue weighted by atomic mass is 10.1. The van der Waals surface area contributed by atoms with Gasteiger partial charge in [-0.15, -0.1) is 0 Å². The van der Waals surface area contributed by atoms with Crippen LogP contribution in [0.4, 0.5) is 0 Å². The van der Waals surface area contributed by atoms with Crippen LogP contribution in [0.3, 0.4) is 0 Å². The first kappa shape index (κ1) is 13.2. The average molecular weight is 289 g/mol. The molecule has 6 nitrogen and oxygen atoms in total. The van der Waals surface area contributed by atoms with Crippen LogP contribution in [0.5, 0.6) is 0 Å². The Labute approximate surface area is 124 Å². The summed E-state index contributed by atoms with van der Waals surface area (Å²) in [4.78, 5) is 19.2. The molecule has 0 bridgehead atoms. The van der Waals surface area contributed by atoms with Gasteiger partial charge in [0, 0.05) is 25.6 Å². The topological polar surface area (TPSA) is 63.1 Å². The van der Waals surface area contributed by atoms with E-state index in [-0.39, 0.29) is 12.1 Å². The predicted octanol–water partition coefficient (Wildman–Crippen LogP) is 1.03. The number of amides is 1. The van der Waals surface area contributed by atoms with Crippen molar-refractivity contribution in [3.05, 3.63) is 11.6 Å². The molecule has 1 saturated carbocycles. The molecule has 3 heterocycles. The van der Waals surface area contributed by atoms with Crippen LogP contribution in [0.2, 0.25) is 0 Å². The molecule has 2 fully saturated rings. The van der Waals surface area contributed by atoms with Gasteiger partial charge in [-0.3, -0.25) is 10.1 Å². The second kappa shape index (κ2) is 5.09. The van der Waals surface area contributed by atoms with Crippen molar-refractivity contribution in [3.63, 3.8) is 0 Å². The van der Waals surface area contributed by atoms with Crippen LogP contribution in [0.1, 0.15) is 56.7 Å². The van der Waals surface area contributed by atoms with Crippen molar-refractivity contribution in [1.82, 2.24) is 25.0 Å². The van der Waals surface area contributed by atoms with Crippen molar-refractivity contribution in [3.8, 4) is 0 Å². The third-order valence-electron chi connectivity index (χ3n) is 4.86. The highest BCUT2D eigenvalue weighted by Crippen LogP contribution is 2.32. The maximum absolute atomic E-state index is 12.5. The van der Waals surface area contributed by atoms with Crippen molar-refractivity contribution in [2.24, 2.45) is 0 Å². The molecule has 1 saturated heterocycles. The number of likely N-dealkylation sites (tertiary alicyclic amines) is 1. The second-order valence-electron chi connectivity index (χ2n) is 6.43. The minimum absolute atomic E-state index is 0.0241. The van der Waals surface area contributed by atoms with Gasteiger partial charge in [-0.2, -0.15) is 5.10 Å². The number of nitrogens with zero attached hydrogens (tertiary/aromatic N) is 4. The minimum atomic E-state index is -0.0241. The Kier molecular flexibility index (Phi) is 3.21. The van der Waals surface area contributed by atoms with Crippen molar-refractivity contribution >= 4 is 5.91 Å². The quantitative estimate of drug-likeness (QED) is 0.899. The molecule has 6 heteroatoms. The lowest BCUT2D eigenvalue weighted by Gasteiger charge is -2.26. The molecule has 3 aliphatic rings. The molecule has 4 rings (SSSR count). The van der Waals surface area contributed by atoms with Gasteiger partial charge < -0.3 is 4.90 Å². The summed E-state index contributed by atoms with van der Waals surface area (Å²) in [5.74, 6) is 2.23. The van der Waals surface area contributed by atoms with Crippen LogP contribution in [0.15, 0.2) is 0 Å². The van der Waals surface area contributed by atoms with Crippen molar-refractivity contribution < 1.29 is 4.79 Å². The molecule has 0 aromatic carbocycles. The largest absolute Gasteiger partial charge is 0.338 e. The molecule has 1 amide bonds. The van der Waals surface area contributed by atoms with Crippen LogP contribution in [0.25, 0.3) is 0 Å². The number of aromatic nitrogens is 3. The molecule has 0 unspecified atom stereocenters. The summed E-state index contributed by atoms with van der Waals surface area (Å²) < 4.78 is 2.03. The fourth-order valence-electron chi connectivity index (χ4n) is 3.56. The number of nitrogens with one attached hydrogen (secondary N) is 1. The molecule has 1 N–H and O–H groups in total. The summed E-state index contributed by atoms with van der Waals surface area (Å²) in [5, 5.41) is 8.10. The van der Waals surface area contributed by atoms with Gasteiger partial charge in [-0.25, -0.2) is 9.67 Å². The maximum atomic E-state index is 12.5. The van der Waals surface area contributed by atoms with E-state index in [1.807, 2.05) is 4.68 Å². The number of hydrogen-bond donors (Lipinski definition) is 1. The molecule has 2 atom stereocenters. The summed E-state index contributed by atoms with van der Waals surface area (Å²) >= 11 is 0. The lowest BCUT2D eigenvalue weighted by Crippen LogP contribution is -2.42. The zero-order valence-electron chi connectivity index (χ0n) is 12.6. The summed E-state index contributed by atoms with van der Waals surface area (Å²) in [6.45, 7) is 3.95. The first-order valence-electron chi connectivity index (χ1n) is 8.26. The summed E-state index contributed by atoms with van der Waals surface area (Å²) in [6, 6.07) is 0.689. The molecule has 1 aliphatic carbocycles. The molecule has 0 spiro atoms. The van der Waals surface area contributed by atoms with Gasteiger partial charge in [-0.1, -0.05) is 6.92 Å². The van der Waals surface area contributed by atoms with Crippen molar-refractivity contribution in [2.75, 3.05) is 6.54 Å². The SMILES string of the molecule is CCc1nc2n(n1)CCC[C@@H]2N[C@@H]1CCN(C2CC2)C1=O. The standard InChI is InChI=1S/C15H23N5O/c1-2-13-17-14-11(4-3-8-20(14)18-13)16-12-7-9-19(15(12)21)10-5-6-10/h10-12,16H,2-9H2,1H3/t11-,12+/m0/s1. The molecule has 2 aliphatic heterocycles. The van der Waals surface area contributed by atoms with Crippen molar-refractivity contribution in [1.29, 1.82) is 0 Å². The summed E-state index contributed by atoms with van der Waals surface area (Å²) in [7, 11) is 0. The Morgan fingerprint density at radius 3 is 2.81 bits per heavy atom. The zero-order chi connectivity index (χ0) is 14.4. The van der Waals surface area contributed by atoms with Crippen LogP contribution in [-0.4, -0.2) is 44.2 Å². The van der Waals surface area contributed by atoms with Gasteiger partial charge >= 0.3 is 0 Å². The Bertz CT molecular complexity index is 550. The third-order valence-corrected chi connectivity index (χ3v) is 4.86. The molecule has 21 heavy (non-hydrogen) atoms. The first-order chi connectivity index (χ1) is 10.3. The van der Waals surface area contributed by atoms with Crippen LogP contribution < -0.4 is 5.32 Å². The Balaban J connectivity index is 1.48. The van der Waals surface area contributed by atoms with Crippen LogP contribution in [-0.2, 0) is 17.8 Å². The van der Waals surface area contributed by atoms with Gasteiger partial charge in [0.15, 0.2) is 5.82 Å². The Morgan fingerprint density at radius 1 is 1.19 bits per heavy atom. The van der Waals surface area contributed by atoms with E-state index in [1.54, 1.807) is 0 Å². The lowest BCUT2D eigenvalue weighted by molar-refractivity contribution is -0.130. The van der Waals surface area contributed by atoms with E-state index < -0.39 is 0 Å². The number of carbonyl (C=O) groups is 1. The average Bonchev–Trinajstić information content (AvgIpc) is 3.14. The smallest absolute Gasteiger partial charge is 0.240 e. The monoisotopic (exact) mass is 289 g/mol. The second-order valence-corrected chi connectivity index (χ2v) is 6.43. The van der Waals surface area contributed by atoms with E-state index in [4.69, 9.17) is 0 Å². The summed E-state index contributed by atoms with van der Waals surface area (Å²) in [5.41, 5.74) is 0. The van der Waals surface area contributed by atoms with Crippen LogP contribution >= 0.6 is 0 Å². The number of aryl methyl sites for hydroxylation is 2. The van der Waals surface area contributed by atoms with E-state index in [1.165, 1.54) is 12.8 Å². The van der Waals surface area contributed by atoms with Gasteiger partial charge in [-0.05, 0) is 32.1 Å². The molecule has 1 aromatic heterocycles. The number of rotatable bonds is 4. The van der Waals surface area contributed by atoms with Crippen LogP contribution in [0, 0.1) is 0 Å². The predicted molar refractivity (Wildman–Crippen MR) is 77.7 cm³/mol. The highest BCUT2D eigenvalue weighted by Gasteiger charge is 2.41. The van der Waals surface area contributed by atoms with Gasteiger partial charge in [0.1, 0.15) is 5.82 Å². The van der Waals surface area contributed by atoms with Crippen molar-refractivity contribution in [2.45, 2.75) is 70.1 Å². The maximum Gasteiger partial charge on any atom is 0.240 e. The Hall–Kier alpha value is -1.43. The van der Waals surface area contributed by atoms with Gasteiger partial charge in [0.05, 0.1) is 12.1 Å². The molecular formula is C15H23N5O. The molecular weight excluding hydrogens is 266 g/mol. The van der Waals surface area contributed by atoms with E-state index in [0.717, 1.165) is 50.4 Å². The molecule has 0 radical (unpaired) electrons. The Morgan fingerprint density at radius 2 is 2.05 bits per heavy atom. The van der Waals surface area contributed by atoms with E-state index >= 15 is 0 Å². The third kappa shape index (κ3) is 2.35. The van der Waals surface area contributed by atoms with E-state index in [0.29, 0.717) is 11.9 Å². The molecule has 1 aromatic rings. The summed E-state index contributed by atoms with van der Waals surface area (Å²) in [6.07, 6.45) is 6.33. The number of fused-ring (bicyclic) bond motifs is 1. The zero-order valence-corrected chi connectivity index (χ0v) is 12.6. The number of carbonyl (C=O) groups excluding carboxylic acids is 1. The van der Waals surface area contributed by atoms with Gasteiger partial charge in [0.25, 0.3) is 0 Å². The fourth-order valence-corrected chi connectivity index (χ4v) is 3.56. The molecule has 114 valence electrons. The minimum Gasteiger partial charge on any atom is -0.338 e. The highest BCUT2D eigenvalue weighted by atomic mass is 16.2. The normalized spacial score (nSPS) is 29.0. The van der Waals surface area contributed by atoms with Gasteiger partial charge in [0.2, 0.25) is 5.91 Å². The number of hydrogen-bond acceptors (Lipinski definition) is 4.